The summed E-state index contributed by atoms with van der Waals surface area (Å²) in [7, 11) is 0. The maximum atomic E-state index is 8.78. The smallest absolute Gasteiger partial charge is 0.0991 e. The molecule has 96 valence electrons. The van der Waals surface area contributed by atoms with Gasteiger partial charge in [-0.2, -0.15) is 5.26 Å². The standard InChI is InChI=1S/C15H21N3/c1-12-6-7-18(15(8-12)10-17)11-14-4-2-13(9-16)3-5-14/h2-5,12,15H,6-8,10-11,17H2,1H3. The van der Waals surface area contributed by atoms with Crippen molar-refractivity contribution in [1.29, 1.82) is 5.26 Å². The predicted molar refractivity (Wildman–Crippen MR) is 72.8 cm³/mol. The third-order valence-corrected chi connectivity index (χ3v) is 3.84. The van der Waals surface area contributed by atoms with Crippen molar-refractivity contribution < 1.29 is 0 Å². The van der Waals surface area contributed by atoms with E-state index in [1.165, 1.54) is 18.4 Å². The van der Waals surface area contributed by atoms with Crippen LogP contribution < -0.4 is 5.73 Å². The van der Waals surface area contributed by atoms with Crippen molar-refractivity contribution in [3.63, 3.8) is 0 Å². The molecule has 18 heavy (non-hydrogen) atoms. The first-order valence-electron chi connectivity index (χ1n) is 6.66. The summed E-state index contributed by atoms with van der Waals surface area (Å²) in [6, 6.07) is 10.5. The maximum absolute atomic E-state index is 8.78. The van der Waals surface area contributed by atoms with Gasteiger partial charge in [-0.15, -0.1) is 0 Å². The molecule has 0 aromatic heterocycles. The Hall–Kier alpha value is -1.37. The topological polar surface area (TPSA) is 53.0 Å². The van der Waals surface area contributed by atoms with Gasteiger partial charge in [-0.3, -0.25) is 4.90 Å². The van der Waals surface area contributed by atoms with Crippen LogP contribution in [0.2, 0.25) is 0 Å². The van der Waals surface area contributed by atoms with Gasteiger partial charge in [0.05, 0.1) is 11.6 Å². The molecule has 0 saturated carbocycles. The molecule has 2 rings (SSSR count). The minimum Gasteiger partial charge on any atom is -0.329 e. The molecule has 0 spiro atoms. The lowest BCUT2D eigenvalue weighted by atomic mass is 9.92. The summed E-state index contributed by atoms with van der Waals surface area (Å²) in [4.78, 5) is 2.47. The minimum atomic E-state index is 0.504. The summed E-state index contributed by atoms with van der Waals surface area (Å²) in [5, 5.41) is 8.78. The zero-order valence-electron chi connectivity index (χ0n) is 11.0. The largest absolute Gasteiger partial charge is 0.329 e. The number of hydrogen-bond acceptors (Lipinski definition) is 3. The molecule has 2 N–H and O–H groups in total. The lowest BCUT2D eigenvalue weighted by Gasteiger charge is -2.38. The van der Waals surface area contributed by atoms with Gasteiger partial charge in [0.15, 0.2) is 0 Å². The molecule has 1 aliphatic rings. The summed E-state index contributed by atoms with van der Waals surface area (Å²) < 4.78 is 0. The summed E-state index contributed by atoms with van der Waals surface area (Å²) in [5.41, 5.74) is 7.86. The van der Waals surface area contributed by atoms with E-state index in [-0.39, 0.29) is 0 Å². The molecule has 1 aromatic rings. The van der Waals surface area contributed by atoms with Crippen molar-refractivity contribution in [2.75, 3.05) is 13.1 Å². The molecule has 3 heteroatoms. The molecule has 1 saturated heterocycles. The third kappa shape index (κ3) is 3.10. The highest BCUT2D eigenvalue weighted by molar-refractivity contribution is 5.31. The second-order valence-electron chi connectivity index (χ2n) is 5.30. The number of nitrogens with two attached hydrogens (primary N) is 1. The van der Waals surface area contributed by atoms with Gasteiger partial charge in [-0.05, 0) is 43.0 Å². The van der Waals surface area contributed by atoms with E-state index in [0.29, 0.717) is 6.04 Å². The van der Waals surface area contributed by atoms with Crippen molar-refractivity contribution in [1.82, 2.24) is 4.90 Å². The fraction of sp³-hybridized carbons (Fsp3) is 0.533. The van der Waals surface area contributed by atoms with E-state index in [0.717, 1.165) is 31.1 Å². The van der Waals surface area contributed by atoms with E-state index in [1.54, 1.807) is 0 Å². The third-order valence-electron chi connectivity index (χ3n) is 3.84. The number of nitrogens with zero attached hydrogens (tertiary/aromatic N) is 2. The molecular formula is C15H21N3. The van der Waals surface area contributed by atoms with Gasteiger partial charge in [0.2, 0.25) is 0 Å². The Labute approximate surface area is 109 Å². The Morgan fingerprint density at radius 2 is 2.11 bits per heavy atom. The Morgan fingerprint density at radius 3 is 2.72 bits per heavy atom. The summed E-state index contributed by atoms with van der Waals surface area (Å²) >= 11 is 0. The summed E-state index contributed by atoms with van der Waals surface area (Å²) in [6.45, 7) is 5.12. The number of likely N-dealkylation sites (tertiary alicyclic amines) is 1. The van der Waals surface area contributed by atoms with E-state index in [9.17, 15) is 0 Å². The van der Waals surface area contributed by atoms with E-state index in [2.05, 4.69) is 17.9 Å². The van der Waals surface area contributed by atoms with Gasteiger partial charge in [0.25, 0.3) is 0 Å². The van der Waals surface area contributed by atoms with Crippen LogP contribution in [0.25, 0.3) is 0 Å². The lowest BCUT2D eigenvalue weighted by Crippen LogP contribution is -2.45. The van der Waals surface area contributed by atoms with E-state index in [1.807, 2.05) is 24.3 Å². The lowest BCUT2D eigenvalue weighted by molar-refractivity contribution is 0.115. The van der Waals surface area contributed by atoms with E-state index < -0.39 is 0 Å². The average Bonchev–Trinajstić information content (AvgIpc) is 2.41. The summed E-state index contributed by atoms with van der Waals surface area (Å²) in [6.07, 6.45) is 2.46. The Balaban J connectivity index is 2.01. The van der Waals surface area contributed by atoms with Gasteiger partial charge in [-0.25, -0.2) is 0 Å². The monoisotopic (exact) mass is 243 g/mol. The number of hydrogen-bond donors (Lipinski definition) is 1. The van der Waals surface area contributed by atoms with Crippen LogP contribution in [-0.2, 0) is 6.54 Å². The van der Waals surface area contributed by atoms with Gasteiger partial charge in [0.1, 0.15) is 0 Å². The highest BCUT2D eigenvalue weighted by Crippen LogP contribution is 2.23. The van der Waals surface area contributed by atoms with Crippen molar-refractivity contribution in [3.8, 4) is 6.07 Å². The van der Waals surface area contributed by atoms with Crippen LogP contribution in [0, 0.1) is 17.2 Å². The Bertz CT molecular complexity index is 418. The van der Waals surface area contributed by atoms with E-state index >= 15 is 0 Å². The first-order valence-corrected chi connectivity index (χ1v) is 6.66. The van der Waals surface area contributed by atoms with Crippen molar-refractivity contribution in [2.24, 2.45) is 11.7 Å². The molecule has 0 amide bonds. The molecule has 3 nitrogen and oxygen atoms in total. The highest BCUT2D eigenvalue weighted by atomic mass is 15.2. The fourth-order valence-electron chi connectivity index (χ4n) is 2.67. The number of benzene rings is 1. The maximum Gasteiger partial charge on any atom is 0.0991 e. The average molecular weight is 243 g/mol. The van der Waals surface area contributed by atoms with Crippen LogP contribution in [-0.4, -0.2) is 24.0 Å². The van der Waals surface area contributed by atoms with Gasteiger partial charge in [-0.1, -0.05) is 19.1 Å². The number of nitriles is 1. The van der Waals surface area contributed by atoms with Gasteiger partial charge >= 0.3 is 0 Å². The van der Waals surface area contributed by atoms with E-state index in [4.69, 9.17) is 11.0 Å². The molecule has 1 heterocycles. The predicted octanol–water partition coefficient (Wildman–Crippen LogP) is 2.12. The first kappa shape index (κ1) is 13.1. The molecule has 0 bridgehead atoms. The van der Waals surface area contributed by atoms with Crippen LogP contribution in [0.15, 0.2) is 24.3 Å². The van der Waals surface area contributed by atoms with Crippen LogP contribution in [0.4, 0.5) is 0 Å². The van der Waals surface area contributed by atoms with Crippen LogP contribution >= 0.6 is 0 Å². The van der Waals surface area contributed by atoms with Crippen molar-refractivity contribution in [2.45, 2.75) is 32.4 Å². The normalized spacial score (nSPS) is 24.7. The van der Waals surface area contributed by atoms with Gasteiger partial charge in [0, 0.05) is 19.1 Å². The van der Waals surface area contributed by atoms with Crippen LogP contribution in [0.5, 0.6) is 0 Å². The van der Waals surface area contributed by atoms with Gasteiger partial charge < -0.3 is 5.73 Å². The molecule has 0 radical (unpaired) electrons. The van der Waals surface area contributed by atoms with Crippen molar-refractivity contribution >= 4 is 0 Å². The SMILES string of the molecule is CC1CCN(Cc2ccc(C#N)cc2)C(CN)C1. The molecule has 1 fully saturated rings. The number of rotatable bonds is 3. The summed E-state index contributed by atoms with van der Waals surface area (Å²) in [5.74, 6) is 0.788. The first-order chi connectivity index (χ1) is 8.72. The van der Waals surface area contributed by atoms with Crippen molar-refractivity contribution in [3.05, 3.63) is 35.4 Å². The molecule has 1 aromatic carbocycles. The molecule has 2 atom stereocenters. The number of piperidine rings is 1. The highest BCUT2D eigenvalue weighted by Gasteiger charge is 2.24. The molecule has 0 aliphatic carbocycles. The Morgan fingerprint density at radius 1 is 1.39 bits per heavy atom. The Kier molecular flexibility index (Phi) is 4.35. The zero-order valence-corrected chi connectivity index (χ0v) is 11.0. The molecular weight excluding hydrogens is 222 g/mol. The molecule has 1 aliphatic heterocycles. The second kappa shape index (κ2) is 5.99. The molecule has 2 unspecified atom stereocenters. The van der Waals surface area contributed by atoms with Crippen LogP contribution in [0.3, 0.4) is 0 Å². The zero-order chi connectivity index (χ0) is 13.0. The minimum absolute atomic E-state index is 0.504. The second-order valence-corrected chi connectivity index (χ2v) is 5.30. The quantitative estimate of drug-likeness (QED) is 0.884. The fourth-order valence-corrected chi connectivity index (χ4v) is 2.67. The van der Waals surface area contributed by atoms with Crippen LogP contribution in [0.1, 0.15) is 30.9 Å².